The van der Waals surface area contributed by atoms with Gasteiger partial charge in [0.25, 0.3) is 0 Å². The second-order valence-corrected chi connectivity index (χ2v) is 5.53. The third kappa shape index (κ3) is 1.93. The van der Waals surface area contributed by atoms with E-state index in [4.69, 9.17) is 0 Å². The number of fused-ring (bicyclic) bond motifs is 1. The summed E-state index contributed by atoms with van der Waals surface area (Å²) >= 11 is 0. The number of aromatic nitrogens is 2. The maximum absolute atomic E-state index is 4.63. The van der Waals surface area contributed by atoms with Gasteiger partial charge in [0.15, 0.2) is 0 Å². The molecule has 1 saturated carbocycles. The summed E-state index contributed by atoms with van der Waals surface area (Å²) in [4.78, 5) is 0. The van der Waals surface area contributed by atoms with Gasteiger partial charge in [-0.15, -0.1) is 0 Å². The van der Waals surface area contributed by atoms with Gasteiger partial charge in [0.2, 0.25) is 0 Å². The van der Waals surface area contributed by atoms with Crippen LogP contribution in [-0.4, -0.2) is 22.9 Å². The van der Waals surface area contributed by atoms with E-state index in [0.717, 1.165) is 5.92 Å². The van der Waals surface area contributed by atoms with Crippen LogP contribution in [-0.2, 0) is 0 Å². The predicted octanol–water partition coefficient (Wildman–Crippen LogP) is 2.99. The van der Waals surface area contributed by atoms with E-state index in [2.05, 4.69) is 53.3 Å². The second kappa shape index (κ2) is 4.73. The number of hydrogen-bond donors (Lipinski definition) is 1. The van der Waals surface area contributed by atoms with Crippen molar-refractivity contribution in [1.82, 2.24) is 15.1 Å². The lowest BCUT2D eigenvalue weighted by atomic mass is 9.83. The number of nitrogens with one attached hydrogen (secondary N) is 1. The lowest BCUT2D eigenvalue weighted by Crippen LogP contribution is -2.40. The first kappa shape index (κ1) is 11.7. The van der Waals surface area contributed by atoms with Gasteiger partial charge in [-0.2, -0.15) is 5.10 Å². The van der Waals surface area contributed by atoms with E-state index in [1.54, 1.807) is 0 Å². The zero-order valence-corrected chi connectivity index (χ0v) is 11.1. The van der Waals surface area contributed by atoms with Crippen LogP contribution in [0.1, 0.15) is 32.2 Å². The maximum atomic E-state index is 4.63. The highest BCUT2D eigenvalue weighted by Gasteiger charge is 2.30. The standard InChI is InChI=1S/C15H21N3/c1-11-7-8-13(16-2)15(9-11)18-14-6-4-3-5-12(14)10-17-18/h3-6,10-11,13,15-16H,7-9H2,1-2H3. The van der Waals surface area contributed by atoms with Gasteiger partial charge >= 0.3 is 0 Å². The van der Waals surface area contributed by atoms with E-state index in [9.17, 15) is 0 Å². The van der Waals surface area contributed by atoms with Crippen molar-refractivity contribution in [1.29, 1.82) is 0 Å². The SMILES string of the molecule is CNC1CCC(C)CC1n1ncc2ccccc21. The molecule has 0 amide bonds. The van der Waals surface area contributed by atoms with Crippen molar-refractivity contribution in [3.63, 3.8) is 0 Å². The molecule has 1 aromatic heterocycles. The van der Waals surface area contributed by atoms with E-state index >= 15 is 0 Å². The van der Waals surface area contributed by atoms with Gasteiger partial charge in [-0.25, -0.2) is 0 Å². The van der Waals surface area contributed by atoms with Gasteiger partial charge in [0.1, 0.15) is 0 Å². The molecule has 96 valence electrons. The molecule has 3 atom stereocenters. The van der Waals surface area contributed by atoms with Gasteiger partial charge in [0, 0.05) is 11.4 Å². The molecular weight excluding hydrogens is 222 g/mol. The van der Waals surface area contributed by atoms with Crippen LogP contribution in [0.2, 0.25) is 0 Å². The molecule has 0 spiro atoms. The summed E-state index contributed by atoms with van der Waals surface area (Å²) in [6.07, 6.45) is 5.77. The van der Waals surface area contributed by atoms with Gasteiger partial charge in [0.05, 0.1) is 17.8 Å². The Morgan fingerprint density at radius 3 is 2.94 bits per heavy atom. The molecule has 18 heavy (non-hydrogen) atoms. The van der Waals surface area contributed by atoms with Crippen molar-refractivity contribution in [2.75, 3.05) is 7.05 Å². The number of benzene rings is 1. The highest BCUT2D eigenvalue weighted by Crippen LogP contribution is 2.33. The first-order valence-electron chi connectivity index (χ1n) is 6.89. The lowest BCUT2D eigenvalue weighted by molar-refractivity contribution is 0.215. The third-order valence-electron chi connectivity index (χ3n) is 4.27. The molecule has 0 saturated heterocycles. The van der Waals surface area contributed by atoms with Gasteiger partial charge in [-0.1, -0.05) is 25.1 Å². The summed E-state index contributed by atoms with van der Waals surface area (Å²) in [5, 5.41) is 9.34. The molecule has 0 aliphatic heterocycles. The van der Waals surface area contributed by atoms with Crippen LogP contribution in [0, 0.1) is 5.92 Å². The first-order valence-corrected chi connectivity index (χ1v) is 6.89. The number of likely N-dealkylation sites (N-methyl/N-ethyl adjacent to an activating group) is 1. The van der Waals surface area contributed by atoms with Crippen LogP contribution in [0.4, 0.5) is 0 Å². The Morgan fingerprint density at radius 1 is 1.28 bits per heavy atom. The molecule has 1 aliphatic carbocycles. The maximum Gasteiger partial charge on any atom is 0.0686 e. The van der Waals surface area contributed by atoms with Gasteiger partial charge in [-0.3, -0.25) is 4.68 Å². The average molecular weight is 243 g/mol. The zero-order chi connectivity index (χ0) is 12.5. The summed E-state index contributed by atoms with van der Waals surface area (Å²) in [5.41, 5.74) is 1.26. The largest absolute Gasteiger partial charge is 0.315 e. The average Bonchev–Trinajstić information content (AvgIpc) is 2.82. The van der Waals surface area contributed by atoms with Gasteiger partial charge in [-0.05, 0) is 38.3 Å². The molecule has 0 bridgehead atoms. The molecule has 1 N–H and O–H groups in total. The molecule has 3 rings (SSSR count). The molecule has 2 aromatic rings. The van der Waals surface area contributed by atoms with Crippen LogP contribution in [0.3, 0.4) is 0 Å². The highest BCUT2D eigenvalue weighted by atomic mass is 15.3. The molecule has 1 aromatic carbocycles. The number of para-hydroxylation sites is 1. The molecule has 1 heterocycles. The van der Waals surface area contributed by atoms with Crippen LogP contribution in [0.5, 0.6) is 0 Å². The van der Waals surface area contributed by atoms with E-state index in [-0.39, 0.29) is 0 Å². The second-order valence-electron chi connectivity index (χ2n) is 5.53. The minimum Gasteiger partial charge on any atom is -0.315 e. The molecule has 3 unspecified atom stereocenters. The smallest absolute Gasteiger partial charge is 0.0686 e. The Labute approximate surface area is 108 Å². The van der Waals surface area contributed by atoms with Crippen LogP contribution >= 0.6 is 0 Å². The minimum absolute atomic E-state index is 0.485. The highest BCUT2D eigenvalue weighted by molar-refractivity contribution is 5.78. The quantitative estimate of drug-likeness (QED) is 0.878. The Kier molecular flexibility index (Phi) is 3.08. The normalized spacial score (nSPS) is 28.7. The Bertz CT molecular complexity index is 531. The molecule has 1 aliphatic rings. The summed E-state index contributed by atoms with van der Waals surface area (Å²) < 4.78 is 2.23. The fourth-order valence-electron chi connectivity index (χ4n) is 3.21. The van der Waals surface area contributed by atoms with E-state index in [1.807, 2.05) is 6.20 Å². The summed E-state index contributed by atoms with van der Waals surface area (Å²) in [5.74, 6) is 0.794. The summed E-state index contributed by atoms with van der Waals surface area (Å²) in [6.45, 7) is 2.35. The predicted molar refractivity (Wildman–Crippen MR) is 74.6 cm³/mol. The van der Waals surface area contributed by atoms with Crippen LogP contribution in [0.25, 0.3) is 10.9 Å². The van der Waals surface area contributed by atoms with E-state index < -0.39 is 0 Å². The molecule has 3 heteroatoms. The van der Waals surface area contributed by atoms with Crippen molar-refractivity contribution >= 4 is 10.9 Å². The van der Waals surface area contributed by atoms with Gasteiger partial charge < -0.3 is 5.32 Å². The number of nitrogens with zero attached hydrogens (tertiary/aromatic N) is 2. The molecule has 3 nitrogen and oxygen atoms in total. The number of hydrogen-bond acceptors (Lipinski definition) is 2. The van der Waals surface area contributed by atoms with Crippen LogP contribution < -0.4 is 5.32 Å². The van der Waals surface area contributed by atoms with E-state index in [1.165, 1.54) is 30.2 Å². The monoisotopic (exact) mass is 243 g/mol. The zero-order valence-electron chi connectivity index (χ0n) is 11.1. The first-order chi connectivity index (χ1) is 8.79. The van der Waals surface area contributed by atoms with Crippen molar-refractivity contribution in [2.45, 2.75) is 38.3 Å². The van der Waals surface area contributed by atoms with Crippen molar-refractivity contribution in [2.24, 2.45) is 5.92 Å². The molecular formula is C15H21N3. The minimum atomic E-state index is 0.485. The molecule has 1 fully saturated rings. The Hall–Kier alpha value is -1.35. The Balaban J connectivity index is 2.01. The van der Waals surface area contributed by atoms with Crippen LogP contribution in [0.15, 0.2) is 30.5 Å². The van der Waals surface area contributed by atoms with Crippen molar-refractivity contribution in [3.05, 3.63) is 30.5 Å². The topological polar surface area (TPSA) is 29.9 Å². The number of rotatable bonds is 2. The van der Waals surface area contributed by atoms with Crippen molar-refractivity contribution < 1.29 is 0 Å². The van der Waals surface area contributed by atoms with Crippen molar-refractivity contribution in [3.8, 4) is 0 Å². The summed E-state index contributed by atoms with van der Waals surface area (Å²) in [7, 11) is 2.07. The third-order valence-corrected chi connectivity index (χ3v) is 4.27. The summed E-state index contributed by atoms with van der Waals surface area (Å²) in [6, 6.07) is 9.52. The Morgan fingerprint density at radius 2 is 2.11 bits per heavy atom. The fourth-order valence-corrected chi connectivity index (χ4v) is 3.21. The lowest BCUT2D eigenvalue weighted by Gasteiger charge is -2.35. The molecule has 0 radical (unpaired) electrons. The van der Waals surface area contributed by atoms with E-state index in [0.29, 0.717) is 12.1 Å². The fraction of sp³-hybridized carbons (Fsp3) is 0.533.